The molecule has 0 spiro atoms. The minimum absolute atomic E-state index is 0.979. The molecule has 1 aliphatic rings. The van der Waals surface area contributed by atoms with Crippen molar-refractivity contribution in [2.24, 2.45) is 5.92 Å². The molecule has 3 heteroatoms. The zero-order chi connectivity index (χ0) is 9.80. The second-order valence-electron chi connectivity index (χ2n) is 4.05. The molecule has 0 radical (unpaired) electrons. The maximum Gasteiger partial charge on any atom is 0.202 e. The van der Waals surface area contributed by atoms with Crippen molar-refractivity contribution >= 4 is 5.95 Å². The lowest BCUT2D eigenvalue weighted by molar-refractivity contribution is 0.302. The van der Waals surface area contributed by atoms with Crippen molar-refractivity contribution in [3.05, 3.63) is 12.4 Å². The van der Waals surface area contributed by atoms with E-state index in [9.17, 15) is 0 Å². The first-order valence-electron chi connectivity index (χ1n) is 5.65. The van der Waals surface area contributed by atoms with Crippen LogP contribution in [0.25, 0.3) is 0 Å². The number of aromatic nitrogens is 2. The standard InChI is InChI=1S/C11H19N3/c1-2-14-9-8-13-11(14)12-7-6-10-4-3-5-10/h8-10H,2-7H2,1H3,(H,12,13). The van der Waals surface area contributed by atoms with Gasteiger partial charge in [0, 0.05) is 25.5 Å². The third kappa shape index (κ3) is 2.08. The number of nitrogens with one attached hydrogen (secondary N) is 1. The molecule has 0 aliphatic heterocycles. The molecule has 1 heterocycles. The summed E-state index contributed by atoms with van der Waals surface area (Å²) in [6.07, 6.45) is 9.49. The molecule has 14 heavy (non-hydrogen) atoms. The molecule has 0 amide bonds. The molecule has 0 unspecified atom stereocenters. The van der Waals surface area contributed by atoms with Gasteiger partial charge in [-0.2, -0.15) is 0 Å². The average Bonchev–Trinajstić information content (AvgIpc) is 2.56. The molecule has 2 rings (SSSR count). The van der Waals surface area contributed by atoms with Gasteiger partial charge in [-0.25, -0.2) is 4.98 Å². The van der Waals surface area contributed by atoms with Crippen LogP contribution in [0.4, 0.5) is 5.95 Å². The van der Waals surface area contributed by atoms with Crippen molar-refractivity contribution in [2.75, 3.05) is 11.9 Å². The molecular weight excluding hydrogens is 174 g/mol. The lowest BCUT2D eigenvalue weighted by atomic mass is 9.83. The zero-order valence-corrected chi connectivity index (χ0v) is 8.87. The van der Waals surface area contributed by atoms with Crippen molar-refractivity contribution < 1.29 is 0 Å². The number of anilines is 1. The largest absolute Gasteiger partial charge is 0.356 e. The summed E-state index contributed by atoms with van der Waals surface area (Å²) in [5.41, 5.74) is 0. The SMILES string of the molecule is CCn1ccnc1NCCC1CCC1. The summed E-state index contributed by atoms with van der Waals surface area (Å²) in [5, 5.41) is 3.40. The monoisotopic (exact) mass is 193 g/mol. The van der Waals surface area contributed by atoms with Crippen molar-refractivity contribution in [3.8, 4) is 0 Å². The number of imidazole rings is 1. The quantitative estimate of drug-likeness (QED) is 0.778. The highest BCUT2D eigenvalue weighted by Gasteiger charge is 2.16. The molecule has 1 aromatic heterocycles. The highest BCUT2D eigenvalue weighted by atomic mass is 15.2. The van der Waals surface area contributed by atoms with Crippen molar-refractivity contribution in [1.82, 2.24) is 9.55 Å². The predicted molar refractivity (Wildman–Crippen MR) is 58.3 cm³/mol. The molecular formula is C11H19N3. The van der Waals surface area contributed by atoms with E-state index in [0.717, 1.165) is 25.0 Å². The molecule has 1 aliphatic carbocycles. The van der Waals surface area contributed by atoms with Crippen LogP contribution in [0.1, 0.15) is 32.6 Å². The van der Waals surface area contributed by atoms with Gasteiger partial charge < -0.3 is 9.88 Å². The summed E-state index contributed by atoms with van der Waals surface area (Å²) in [4.78, 5) is 4.28. The predicted octanol–water partition coefficient (Wildman–Crippen LogP) is 2.51. The first-order valence-corrected chi connectivity index (χ1v) is 5.65. The van der Waals surface area contributed by atoms with Gasteiger partial charge in [-0.15, -0.1) is 0 Å². The smallest absolute Gasteiger partial charge is 0.202 e. The summed E-state index contributed by atoms with van der Waals surface area (Å²) in [7, 11) is 0. The molecule has 1 N–H and O–H groups in total. The summed E-state index contributed by atoms with van der Waals surface area (Å²) in [5.74, 6) is 2.00. The van der Waals surface area contributed by atoms with Gasteiger partial charge in [0.25, 0.3) is 0 Å². The first-order chi connectivity index (χ1) is 6.90. The van der Waals surface area contributed by atoms with Crippen molar-refractivity contribution in [3.63, 3.8) is 0 Å². The number of hydrogen-bond donors (Lipinski definition) is 1. The molecule has 1 aromatic rings. The maximum absolute atomic E-state index is 4.28. The minimum Gasteiger partial charge on any atom is -0.356 e. The van der Waals surface area contributed by atoms with Gasteiger partial charge >= 0.3 is 0 Å². The highest BCUT2D eigenvalue weighted by Crippen LogP contribution is 2.29. The summed E-state index contributed by atoms with van der Waals surface area (Å²) in [6.45, 7) is 4.20. The molecule has 0 saturated heterocycles. The Hall–Kier alpha value is -0.990. The van der Waals surface area contributed by atoms with Crippen LogP contribution in [0.15, 0.2) is 12.4 Å². The Kier molecular flexibility index (Phi) is 3.07. The highest BCUT2D eigenvalue weighted by molar-refractivity contribution is 5.25. The first kappa shape index (κ1) is 9.56. The van der Waals surface area contributed by atoms with E-state index in [4.69, 9.17) is 0 Å². The fourth-order valence-electron chi connectivity index (χ4n) is 1.90. The van der Waals surface area contributed by atoms with Crippen LogP contribution in [-0.4, -0.2) is 16.1 Å². The van der Waals surface area contributed by atoms with Gasteiger partial charge in [0.1, 0.15) is 0 Å². The van der Waals surface area contributed by atoms with Crippen LogP contribution < -0.4 is 5.32 Å². The van der Waals surface area contributed by atoms with E-state index < -0.39 is 0 Å². The van der Waals surface area contributed by atoms with E-state index in [1.165, 1.54) is 25.7 Å². The second kappa shape index (κ2) is 4.49. The Labute approximate surface area is 85.5 Å². The number of nitrogens with zero attached hydrogens (tertiary/aromatic N) is 2. The average molecular weight is 193 g/mol. The molecule has 0 bridgehead atoms. The second-order valence-corrected chi connectivity index (χ2v) is 4.05. The van der Waals surface area contributed by atoms with Crippen molar-refractivity contribution in [2.45, 2.75) is 39.2 Å². The van der Waals surface area contributed by atoms with E-state index >= 15 is 0 Å². The normalized spacial score (nSPS) is 16.6. The Morgan fingerprint density at radius 1 is 1.57 bits per heavy atom. The topological polar surface area (TPSA) is 29.9 Å². The van der Waals surface area contributed by atoms with Crippen LogP contribution in [0.5, 0.6) is 0 Å². The molecule has 1 saturated carbocycles. The van der Waals surface area contributed by atoms with Gasteiger partial charge in [-0.1, -0.05) is 19.3 Å². The Balaban J connectivity index is 1.73. The summed E-state index contributed by atoms with van der Waals surface area (Å²) < 4.78 is 2.14. The number of aryl methyl sites for hydroxylation is 1. The summed E-state index contributed by atoms with van der Waals surface area (Å²) in [6, 6.07) is 0. The van der Waals surface area contributed by atoms with Crippen LogP contribution in [0.2, 0.25) is 0 Å². The van der Waals surface area contributed by atoms with Gasteiger partial charge in [0.05, 0.1) is 0 Å². The Morgan fingerprint density at radius 2 is 2.43 bits per heavy atom. The minimum atomic E-state index is 0.979. The Bertz CT molecular complexity index is 276. The van der Waals surface area contributed by atoms with E-state index in [1.54, 1.807) is 0 Å². The van der Waals surface area contributed by atoms with Crippen LogP contribution in [0.3, 0.4) is 0 Å². The van der Waals surface area contributed by atoms with Crippen LogP contribution >= 0.6 is 0 Å². The van der Waals surface area contributed by atoms with Crippen LogP contribution in [-0.2, 0) is 6.54 Å². The third-order valence-corrected chi connectivity index (χ3v) is 3.12. The molecule has 0 aromatic carbocycles. The molecule has 78 valence electrons. The maximum atomic E-state index is 4.28. The molecule has 0 atom stereocenters. The van der Waals surface area contributed by atoms with E-state index in [2.05, 4.69) is 21.8 Å². The lowest BCUT2D eigenvalue weighted by Crippen LogP contribution is -2.16. The van der Waals surface area contributed by atoms with Crippen LogP contribution in [0, 0.1) is 5.92 Å². The van der Waals surface area contributed by atoms with Gasteiger partial charge in [-0.05, 0) is 19.3 Å². The lowest BCUT2D eigenvalue weighted by Gasteiger charge is -2.25. The fourth-order valence-corrected chi connectivity index (χ4v) is 1.90. The molecule has 1 fully saturated rings. The fraction of sp³-hybridized carbons (Fsp3) is 0.727. The Morgan fingerprint density at radius 3 is 3.07 bits per heavy atom. The van der Waals surface area contributed by atoms with E-state index in [-0.39, 0.29) is 0 Å². The summed E-state index contributed by atoms with van der Waals surface area (Å²) >= 11 is 0. The van der Waals surface area contributed by atoms with E-state index in [0.29, 0.717) is 0 Å². The third-order valence-electron chi connectivity index (χ3n) is 3.12. The number of rotatable bonds is 5. The van der Waals surface area contributed by atoms with Crippen molar-refractivity contribution in [1.29, 1.82) is 0 Å². The van der Waals surface area contributed by atoms with Gasteiger partial charge in [0.2, 0.25) is 5.95 Å². The molecule has 3 nitrogen and oxygen atoms in total. The van der Waals surface area contributed by atoms with Gasteiger partial charge in [0.15, 0.2) is 0 Å². The zero-order valence-electron chi connectivity index (χ0n) is 8.87. The number of hydrogen-bond acceptors (Lipinski definition) is 2. The van der Waals surface area contributed by atoms with E-state index in [1.807, 2.05) is 12.4 Å². The van der Waals surface area contributed by atoms with Gasteiger partial charge in [-0.3, -0.25) is 0 Å².